The van der Waals surface area contributed by atoms with Crippen LogP contribution in [0.1, 0.15) is 98.5 Å². The van der Waals surface area contributed by atoms with Crippen molar-refractivity contribution in [3.05, 3.63) is 35.9 Å². The average molecular weight is 675 g/mol. The fraction of sp³-hybridized carbons (Fsp3) is 0.686. The van der Waals surface area contributed by atoms with Gasteiger partial charge >= 0.3 is 5.97 Å². The number of ketones is 1. The molecule has 0 bridgehead atoms. The van der Waals surface area contributed by atoms with Crippen LogP contribution in [0.2, 0.25) is 18.1 Å². The van der Waals surface area contributed by atoms with Crippen LogP contribution in [0.25, 0.3) is 0 Å². The predicted octanol–water partition coefficient (Wildman–Crippen LogP) is 4.33. The summed E-state index contributed by atoms with van der Waals surface area (Å²) in [6.07, 6.45) is 3.71. The number of carbonyl (C=O) groups is 5. The highest BCUT2D eigenvalue weighted by molar-refractivity contribution is 6.74. The Morgan fingerprint density at radius 1 is 1.06 bits per heavy atom. The molecule has 1 aliphatic rings. The van der Waals surface area contributed by atoms with Crippen LogP contribution < -0.4 is 16.4 Å². The first kappa shape index (κ1) is 40.1. The van der Waals surface area contributed by atoms with Crippen LogP contribution in [0.5, 0.6) is 0 Å². The highest BCUT2D eigenvalue weighted by atomic mass is 28.4. The Morgan fingerprint density at radius 2 is 1.70 bits per heavy atom. The van der Waals surface area contributed by atoms with Gasteiger partial charge in [0.05, 0.1) is 6.04 Å². The first-order chi connectivity index (χ1) is 21.8. The monoisotopic (exact) mass is 674 g/mol. The maximum atomic E-state index is 13.7. The number of aliphatic carboxylic acids is 1. The number of likely N-dealkylation sites (tertiary alicyclic amines) is 1. The lowest BCUT2D eigenvalue weighted by Gasteiger charge is -2.38. The lowest BCUT2D eigenvalue weighted by atomic mass is 9.94. The fourth-order valence-electron chi connectivity index (χ4n) is 5.38. The van der Waals surface area contributed by atoms with Gasteiger partial charge < -0.3 is 30.8 Å². The number of carbonyl (C=O) groups excluding carboxylic acids is 4. The van der Waals surface area contributed by atoms with E-state index in [9.17, 15) is 29.1 Å². The first-order valence-electron chi connectivity index (χ1n) is 17.0. The molecule has 11 nitrogen and oxygen atoms in total. The van der Waals surface area contributed by atoms with E-state index in [0.29, 0.717) is 45.1 Å². The summed E-state index contributed by atoms with van der Waals surface area (Å²) >= 11 is 0. The molecule has 0 aromatic heterocycles. The average Bonchev–Trinajstić information content (AvgIpc) is 3.50. The molecule has 12 heteroatoms. The van der Waals surface area contributed by atoms with Crippen LogP contribution in [-0.4, -0.2) is 84.1 Å². The normalized spacial score (nSPS) is 18.5. The van der Waals surface area contributed by atoms with Gasteiger partial charge in [-0.3, -0.25) is 19.2 Å². The van der Waals surface area contributed by atoms with Crippen molar-refractivity contribution in [1.29, 1.82) is 0 Å². The number of carboxylic acids is 1. The summed E-state index contributed by atoms with van der Waals surface area (Å²) in [6.45, 7) is 16.1. The first-order valence-corrected chi connectivity index (χ1v) is 19.9. The van der Waals surface area contributed by atoms with E-state index in [1.54, 1.807) is 13.8 Å². The summed E-state index contributed by atoms with van der Waals surface area (Å²) in [4.78, 5) is 66.2. The van der Waals surface area contributed by atoms with Crippen molar-refractivity contribution >= 4 is 37.8 Å². The minimum Gasteiger partial charge on any atom is -0.480 e. The largest absolute Gasteiger partial charge is 0.480 e. The molecular weight excluding hydrogens is 616 g/mol. The van der Waals surface area contributed by atoms with Gasteiger partial charge in [-0.2, -0.15) is 0 Å². The Labute approximate surface area is 281 Å². The Bertz CT molecular complexity index is 1240. The molecule has 0 saturated carbocycles. The molecule has 5 N–H and O–H groups in total. The summed E-state index contributed by atoms with van der Waals surface area (Å²) in [5.74, 6) is -2.49. The van der Waals surface area contributed by atoms with Crippen LogP contribution in [0.4, 0.5) is 0 Å². The predicted molar refractivity (Wildman–Crippen MR) is 185 cm³/mol. The quantitative estimate of drug-likeness (QED) is 0.132. The van der Waals surface area contributed by atoms with E-state index >= 15 is 0 Å². The van der Waals surface area contributed by atoms with Crippen LogP contribution in [0.15, 0.2) is 30.3 Å². The maximum absolute atomic E-state index is 13.7. The molecular formula is C35H58N4O7Si. The van der Waals surface area contributed by atoms with Crippen LogP contribution >= 0.6 is 0 Å². The zero-order chi connectivity index (χ0) is 35.6. The molecule has 1 aliphatic heterocycles. The van der Waals surface area contributed by atoms with Gasteiger partial charge in [-0.1, -0.05) is 70.9 Å². The third kappa shape index (κ3) is 11.5. The summed E-state index contributed by atoms with van der Waals surface area (Å²) in [5.41, 5.74) is 5.67. The molecule has 1 aromatic carbocycles. The zero-order valence-electron chi connectivity index (χ0n) is 29.7. The topological polar surface area (TPSA) is 168 Å². The molecule has 0 radical (unpaired) electrons. The number of nitrogens with one attached hydrogen (secondary N) is 2. The molecule has 1 aromatic rings. The smallest absolute Gasteiger partial charge is 0.326 e. The van der Waals surface area contributed by atoms with Crippen LogP contribution in [-0.2, 0) is 34.8 Å². The summed E-state index contributed by atoms with van der Waals surface area (Å²) in [6, 6.07) is 6.37. The molecule has 1 saturated heterocycles. The molecule has 2 rings (SSSR count). The lowest BCUT2D eigenvalue weighted by Crippen LogP contribution is -2.63. The Morgan fingerprint density at radius 3 is 2.28 bits per heavy atom. The van der Waals surface area contributed by atoms with Crippen molar-refractivity contribution in [3.8, 4) is 0 Å². The molecule has 1 fully saturated rings. The Kier molecular flexibility index (Phi) is 14.8. The second kappa shape index (κ2) is 17.3. The van der Waals surface area contributed by atoms with E-state index in [0.717, 1.165) is 12.0 Å². The Balaban J connectivity index is 1.95. The molecule has 1 heterocycles. The number of hydrogen-bond donors (Lipinski definition) is 4. The molecule has 5 atom stereocenters. The molecule has 0 spiro atoms. The summed E-state index contributed by atoms with van der Waals surface area (Å²) in [5, 5.41) is 15.3. The third-order valence-corrected chi connectivity index (χ3v) is 14.4. The van der Waals surface area contributed by atoms with Crippen molar-refractivity contribution in [2.75, 3.05) is 6.54 Å². The number of Topliss-reactive ketones (excluding diaryl/α,β-unsaturated/α-hetero) is 1. The van der Waals surface area contributed by atoms with Gasteiger partial charge in [-0.05, 0) is 69.6 Å². The molecule has 0 aliphatic carbocycles. The second-order valence-electron chi connectivity index (χ2n) is 14.6. The lowest BCUT2D eigenvalue weighted by molar-refractivity contribution is -0.149. The number of hydrogen-bond acceptors (Lipinski definition) is 7. The number of nitrogens with two attached hydrogens (primary N) is 1. The van der Waals surface area contributed by atoms with Crippen molar-refractivity contribution in [2.24, 2.45) is 5.73 Å². The van der Waals surface area contributed by atoms with Gasteiger partial charge in [0.15, 0.2) is 14.1 Å². The van der Waals surface area contributed by atoms with Gasteiger partial charge in [0, 0.05) is 19.4 Å². The van der Waals surface area contributed by atoms with Crippen molar-refractivity contribution < 1.29 is 33.5 Å². The second-order valence-corrected chi connectivity index (χ2v) is 19.4. The standard InChI is InChI=1S/C35H58N4O7Si/c1-9-35(6,38-30(41)26(36)19-14-11-15-21-29(40)24(2)46-47(7,8)34(3,4)5)33(45)37-27(23-25-17-12-10-13-18-25)31(42)39-22-16-20-28(39)32(43)44/h10,12-13,17-18,24,26-28H,9,11,14-16,19-23,36H2,1-8H3,(H,37,45)(H,38,41)(H,43,44)/t24-,26+,27+,28-,35+/m1/s1. The van der Waals surface area contributed by atoms with Crippen LogP contribution in [0.3, 0.4) is 0 Å². The number of carboxylic acid groups (broad SMARTS) is 1. The molecule has 0 unspecified atom stereocenters. The van der Waals surface area contributed by atoms with Crippen molar-refractivity contribution in [3.63, 3.8) is 0 Å². The number of benzene rings is 1. The minimum absolute atomic E-state index is 0.0211. The van der Waals surface area contributed by atoms with Crippen molar-refractivity contribution in [2.45, 2.75) is 147 Å². The van der Waals surface area contributed by atoms with E-state index in [1.165, 1.54) is 4.90 Å². The SMILES string of the molecule is CC[C@](C)(NC(=O)[C@@H](N)CCCCCC(=O)[C@@H](C)O[Si](C)(C)C(C)(C)C)C(=O)N[C@@H](Cc1ccccc1)C(=O)N1CCC[C@@H]1C(=O)O. The number of unbranched alkanes of at least 4 members (excludes halogenated alkanes) is 2. The summed E-state index contributed by atoms with van der Waals surface area (Å²) < 4.78 is 6.21. The van der Waals surface area contributed by atoms with Crippen molar-refractivity contribution in [1.82, 2.24) is 15.5 Å². The number of amides is 3. The van der Waals surface area contributed by atoms with E-state index in [-0.39, 0.29) is 23.7 Å². The van der Waals surface area contributed by atoms with Gasteiger partial charge in [-0.15, -0.1) is 0 Å². The van der Waals surface area contributed by atoms with Gasteiger partial charge in [0.25, 0.3) is 0 Å². The van der Waals surface area contributed by atoms with Gasteiger partial charge in [0.2, 0.25) is 17.7 Å². The number of nitrogens with zero attached hydrogens (tertiary/aromatic N) is 1. The highest BCUT2D eigenvalue weighted by Gasteiger charge is 2.41. The highest BCUT2D eigenvalue weighted by Crippen LogP contribution is 2.37. The number of rotatable bonds is 18. The molecule has 3 amide bonds. The molecule has 264 valence electrons. The maximum Gasteiger partial charge on any atom is 0.326 e. The third-order valence-electron chi connectivity index (χ3n) is 9.82. The van der Waals surface area contributed by atoms with Gasteiger partial charge in [0.1, 0.15) is 23.7 Å². The van der Waals surface area contributed by atoms with Crippen LogP contribution in [0, 0.1) is 0 Å². The summed E-state index contributed by atoms with van der Waals surface area (Å²) in [7, 11) is -2.04. The molecule has 47 heavy (non-hydrogen) atoms. The fourth-order valence-corrected chi connectivity index (χ4v) is 6.75. The van der Waals surface area contributed by atoms with E-state index in [4.69, 9.17) is 10.2 Å². The van der Waals surface area contributed by atoms with E-state index in [1.807, 2.05) is 37.3 Å². The Hall–Kier alpha value is -3.09. The van der Waals surface area contributed by atoms with Gasteiger partial charge in [-0.25, -0.2) is 4.79 Å². The van der Waals surface area contributed by atoms with E-state index in [2.05, 4.69) is 44.5 Å². The van der Waals surface area contributed by atoms with E-state index < -0.39 is 61.8 Å². The minimum atomic E-state index is -2.04. The zero-order valence-corrected chi connectivity index (χ0v) is 30.7.